The van der Waals surface area contributed by atoms with E-state index in [9.17, 15) is 13.2 Å². The normalized spacial score (nSPS) is 11.1. The Kier molecular flexibility index (Phi) is 6.97. The summed E-state index contributed by atoms with van der Waals surface area (Å²) in [4.78, 5) is 13.0. The highest BCUT2D eigenvalue weighted by Crippen LogP contribution is 2.32. The maximum Gasteiger partial charge on any atom is 0.264 e. The van der Waals surface area contributed by atoms with Crippen LogP contribution in [-0.2, 0) is 14.8 Å². The first-order valence-electron chi connectivity index (χ1n) is 9.99. The highest BCUT2D eigenvalue weighted by atomic mass is 32.2. The summed E-state index contributed by atoms with van der Waals surface area (Å²) in [6.07, 6.45) is 0. The van der Waals surface area contributed by atoms with Crippen LogP contribution in [0, 0.1) is 13.8 Å². The second-order valence-corrected chi connectivity index (χ2v) is 9.01. The van der Waals surface area contributed by atoms with E-state index in [1.54, 1.807) is 42.5 Å². The molecule has 3 aromatic rings. The topological polar surface area (TPSA) is 75.7 Å². The summed E-state index contributed by atoms with van der Waals surface area (Å²) in [5.74, 6) is -0.0560. The van der Waals surface area contributed by atoms with Crippen molar-refractivity contribution in [2.24, 2.45) is 0 Å². The SMILES string of the molecule is CCOc1ccccc1N(CC(=O)Nc1cc(C)cc(C)c1)S(=O)(=O)c1ccccc1. The van der Waals surface area contributed by atoms with E-state index in [1.165, 1.54) is 12.1 Å². The first kappa shape index (κ1) is 22.4. The van der Waals surface area contributed by atoms with E-state index in [0.29, 0.717) is 23.7 Å². The van der Waals surface area contributed by atoms with Gasteiger partial charge in [0.25, 0.3) is 10.0 Å². The van der Waals surface area contributed by atoms with Gasteiger partial charge in [-0.2, -0.15) is 0 Å². The van der Waals surface area contributed by atoms with Crippen LogP contribution in [-0.4, -0.2) is 27.5 Å². The van der Waals surface area contributed by atoms with Crippen molar-refractivity contribution in [2.75, 3.05) is 22.8 Å². The van der Waals surface area contributed by atoms with Crippen molar-refractivity contribution in [2.45, 2.75) is 25.7 Å². The number of nitrogens with one attached hydrogen (secondary N) is 1. The molecule has 0 unspecified atom stereocenters. The van der Waals surface area contributed by atoms with E-state index in [2.05, 4.69) is 5.32 Å². The number of ether oxygens (including phenoxy) is 1. The third-order valence-electron chi connectivity index (χ3n) is 4.56. The van der Waals surface area contributed by atoms with Crippen LogP contribution in [0.1, 0.15) is 18.1 Å². The number of nitrogens with zero attached hydrogens (tertiary/aromatic N) is 1. The van der Waals surface area contributed by atoms with Crippen LogP contribution in [0.4, 0.5) is 11.4 Å². The summed E-state index contributed by atoms with van der Waals surface area (Å²) in [6.45, 7) is 5.67. The molecule has 0 bridgehead atoms. The molecule has 0 aliphatic heterocycles. The zero-order valence-corrected chi connectivity index (χ0v) is 18.6. The lowest BCUT2D eigenvalue weighted by Crippen LogP contribution is -2.38. The number of carbonyl (C=O) groups is 1. The number of carbonyl (C=O) groups excluding carboxylic acids is 1. The van der Waals surface area contributed by atoms with E-state index in [4.69, 9.17) is 4.74 Å². The summed E-state index contributed by atoms with van der Waals surface area (Å²) < 4.78 is 33.7. The van der Waals surface area contributed by atoms with Crippen molar-refractivity contribution >= 4 is 27.3 Å². The van der Waals surface area contributed by atoms with Gasteiger partial charge in [0, 0.05) is 5.69 Å². The van der Waals surface area contributed by atoms with Crippen molar-refractivity contribution in [3.8, 4) is 5.75 Å². The molecule has 0 aliphatic carbocycles. The Balaban J connectivity index is 1.99. The molecule has 0 radical (unpaired) electrons. The molecule has 0 aromatic heterocycles. The van der Waals surface area contributed by atoms with E-state index in [1.807, 2.05) is 39.0 Å². The first-order chi connectivity index (χ1) is 14.8. The fourth-order valence-corrected chi connectivity index (χ4v) is 4.79. The van der Waals surface area contributed by atoms with Gasteiger partial charge in [0.2, 0.25) is 5.91 Å². The molecule has 0 atom stereocenters. The molecular formula is C24H26N2O4S. The van der Waals surface area contributed by atoms with Crippen LogP contribution in [0.2, 0.25) is 0 Å². The molecule has 0 spiro atoms. The molecule has 1 N–H and O–H groups in total. The molecule has 7 heteroatoms. The molecule has 0 aliphatic rings. The van der Waals surface area contributed by atoms with Gasteiger partial charge >= 0.3 is 0 Å². The largest absolute Gasteiger partial charge is 0.492 e. The van der Waals surface area contributed by atoms with Gasteiger partial charge in [0.1, 0.15) is 12.3 Å². The second kappa shape index (κ2) is 9.66. The maximum atomic E-state index is 13.5. The van der Waals surface area contributed by atoms with Crippen LogP contribution in [0.3, 0.4) is 0 Å². The molecule has 6 nitrogen and oxygen atoms in total. The number of sulfonamides is 1. The minimum absolute atomic E-state index is 0.0977. The molecule has 0 heterocycles. The Bertz CT molecular complexity index is 1140. The van der Waals surface area contributed by atoms with E-state index < -0.39 is 22.5 Å². The van der Waals surface area contributed by atoms with Crippen LogP contribution in [0.25, 0.3) is 0 Å². The molecule has 1 amide bonds. The van der Waals surface area contributed by atoms with Gasteiger partial charge in [0.05, 0.1) is 17.2 Å². The number of aryl methyl sites for hydroxylation is 2. The van der Waals surface area contributed by atoms with Gasteiger partial charge < -0.3 is 10.1 Å². The number of anilines is 2. The Labute approximate surface area is 183 Å². The van der Waals surface area contributed by atoms with Crippen molar-refractivity contribution in [1.82, 2.24) is 0 Å². The third kappa shape index (κ3) is 5.44. The predicted molar refractivity (Wildman–Crippen MR) is 123 cm³/mol. The summed E-state index contributed by atoms with van der Waals surface area (Å²) in [5.41, 5.74) is 2.94. The predicted octanol–water partition coefficient (Wildman–Crippen LogP) is 4.54. The minimum atomic E-state index is -4.01. The molecule has 3 rings (SSSR count). The Hall–Kier alpha value is -3.32. The summed E-state index contributed by atoms with van der Waals surface area (Å²) in [5, 5.41) is 2.81. The molecular weight excluding hydrogens is 412 g/mol. The van der Waals surface area contributed by atoms with Gasteiger partial charge in [-0.15, -0.1) is 0 Å². The van der Waals surface area contributed by atoms with Gasteiger partial charge in [0.15, 0.2) is 0 Å². The number of hydrogen-bond donors (Lipinski definition) is 1. The number of rotatable bonds is 8. The molecule has 0 fully saturated rings. The first-order valence-corrected chi connectivity index (χ1v) is 11.4. The highest BCUT2D eigenvalue weighted by Gasteiger charge is 2.29. The Morgan fingerprint density at radius 3 is 2.19 bits per heavy atom. The summed E-state index contributed by atoms with van der Waals surface area (Å²) in [6, 6.07) is 20.5. The summed E-state index contributed by atoms with van der Waals surface area (Å²) in [7, 11) is -4.01. The number of benzene rings is 3. The standard InChI is InChI=1S/C24H26N2O4S/c1-4-30-23-13-9-8-12-22(23)26(31(28,29)21-10-6-5-7-11-21)17-24(27)25-20-15-18(2)14-19(3)16-20/h5-16H,4,17H2,1-3H3,(H,25,27). The van der Waals surface area contributed by atoms with E-state index in [0.717, 1.165) is 15.4 Å². The monoisotopic (exact) mass is 438 g/mol. The third-order valence-corrected chi connectivity index (χ3v) is 6.33. The minimum Gasteiger partial charge on any atom is -0.492 e. The smallest absolute Gasteiger partial charge is 0.264 e. The zero-order chi connectivity index (χ0) is 22.4. The maximum absolute atomic E-state index is 13.5. The number of hydrogen-bond acceptors (Lipinski definition) is 4. The Morgan fingerprint density at radius 1 is 0.935 bits per heavy atom. The van der Waals surface area contributed by atoms with Gasteiger partial charge in [-0.25, -0.2) is 8.42 Å². The van der Waals surface area contributed by atoms with Crippen molar-refractivity contribution in [1.29, 1.82) is 0 Å². The number of amides is 1. The fourth-order valence-electron chi connectivity index (χ4n) is 3.34. The van der Waals surface area contributed by atoms with Gasteiger partial charge in [-0.1, -0.05) is 36.4 Å². The van der Waals surface area contributed by atoms with E-state index >= 15 is 0 Å². The summed E-state index contributed by atoms with van der Waals surface area (Å²) >= 11 is 0. The van der Waals surface area contributed by atoms with Crippen molar-refractivity contribution < 1.29 is 17.9 Å². The lowest BCUT2D eigenvalue weighted by Gasteiger charge is -2.26. The molecule has 0 saturated heterocycles. The van der Waals surface area contributed by atoms with Crippen molar-refractivity contribution in [3.63, 3.8) is 0 Å². The lowest BCUT2D eigenvalue weighted by molar-refractivity contribution is -0.114. The average molecular weight is 439 g/mol. The lowest BCUT2D eigenvalue weighted by atomic mass is 10.1. The average Bonchev–Trinajstić information content (AvgIpc) is 2.72. The fraction of sp³-hybridized carbons (Fsp3) is 0.208. The number of para-hydroxylation sites is 2. The molecule has 31 heavy (non-hydrogen) atoms. The van der Waals surface area contributed by atoms with Gasteiger partial charge in [-0.05, 0) is 68.3 Å². The van der Waals surface area contributed by atoms with Crippen LogP contribution >= 0.6 is 0 Å². The van der Waals surface area contributed by atoms with Crippen LogP contribution in [0.5, 0.6) is 5.75 Å². The molecule has 3 aromatic carbocycles. The zero-order valence-electron chi connectivity index (χ0n) is 17.8. The quantitative estimate of drug-likeness (QED) is 0.560. The Morgan fingerprint density at radius 2 is 1.55 bits per heavy atom. The molecule has 162 valence electrons. The van der Waals surface area contributed by atoms with E-state index in [-0.39, 0.29) is 4.90 Å². The van der Waals surface area contributed by atoms with Crippen LogP contribution < -0.4 is 14.4 Å². The van der Waals surface area contributed by atoms with Crippen LogP contribution in [0.15, 0.2) is 77.7 Å². The molecule has 0 saturated carbocycles. The van der Waals surface area contributed by atoms with Gasteiger partial charge in [-0.3, -0.25) is 9.10 Å². The van der Waals surface area contributed by atoms with Crippen molar-refractivity contribution in [3.05, 3.63) is 83.9 Å². The second-order valence-electron chi connectivity index (χ2n) is 7.15. The highest BCUT2D eigenvalue weighted by molar-refractivity contribution is 7.92.